The summed E-state index contributed by atoms with van der Waals surface area (Å²) in [6, 6.07) is 15.2. The number of aromatic nitrogens is 1. The zero-order valence-electron chi connectivity index (χ0n) is 13.8. The van der Waals surface area contributed by atoms with Crippen molar-refractivity contribution in [3.63, 3.8) is 0 Å². The second kappa shape index (κ2) is 6.69. The first-order valence-corrected chi connectivity index (χ1v) is 10.6. The van der Waals surface area contributed by atoms with Gasteiger partial charge in [0.05, 0.1) is 16.3 Å². The van der Waals surface area contributed by atoms with Crippen LogP contribution in [0.5, 0.6) is 0 Å². The van der Waals surface area contributed by atoms with Crippen molar-refractivity contribution < 1.29 is 9.00 Å². The van der Waals surface area contributed by atoms with E-state index < -0.39 is 10.8 Å². The molecule has 2 aromatic carbocycles. The molecule has 25 heavy (non-hydrogen) atoms. The third kappa shape index (κ3) is 3.12. The third-order valence-corrected chi connectivity index (χ3v) is 6.62. The lowest BCUT2D eigenvalue weighted by Gasteiger charge is -2.23. The van der Waals surface area contributed by atoms with Crippen LogP contribution in [0.15, 0.2) is 53.4 Å². The highest BCUT2D eigenvalue weighted by molar-refractivity contribution is 7.84. The maximum Gasteiger partial charge on any atom is 0.254 e. The molecule has 1 amide bonds. The molecule has 1 aliphatic heterocycles. The lowest BCUT2D eigenvalue weighted by molar-refractivity contribution is 0.0735. The number of carbonyl (C=O) groups is 1. The number of thiazole rings is 1. The number of hydrogen-bond acceptors (Lipinski definition) is 4. The van der Waals surface area contributed by atoms with Crippen LogP contribution in [0.25, 0.3) is 10.2 Å². The van der Waals surface area contributed by atoms with Crippen molar-refractivity contribution in [2.75, 3.05) is 12.8 Å². The van der Waals surface area contributed by atoms with Gasteiger partial charge in [-0.1, -0.05) is 12.1 Å². The van der Waals surface area contributed by atoms with Gasteiger partial charge in [-0.2, -0.15) is 0 Å². The molecule has 4 nitrogen and oxygen atoms in total. The highest BCUT2D eigenvalue weighted by Gasteiger charge is 2.32. The van der Waals surface area contributed by atoms with E-state index in [0.717, 1.165) is 39.5 Å². The Morgan fingerprint density at radius 2 is 1.96 bits per heavy atom. The molecule has 0 radical (unpaired) electrons. The minimum Gasteiger partial charge on any atom is -0.329 e. The Morgan fingerprint density at radius 3 is 2.68 bits per heavy atom. The van der Waals surface area contributed by atoms with Gasteiger partial charge in [-0.15, -0.1) is 11.3 Å². The topological polar surface area (TPSA) is 50.3 Å². The number of hydrogen-bond donors (Lipinski definition) is 0. The molecule has 6 heteroatoms. The molecule has 0 saturated carbocycles. The van der Waals surface area contributed by atoms with Gasteiger partial charge in [-0.05, 0) is 49.2 Å². The van der Waals surface area contributed by atoms with E-state index in [0.29, 0.717) is 5.56 Å². The van der Waals surface area contributed by atoms with Gasteiger partial charge in [-0.25, -0.2) is 4.98 Å². The molecule has 1 aliphatic rings. The zero-order valence-corrected chi connectivity index (χ0v) is 15.5. The number of carbonyl (C=O) groups excluding carboxylic acids is 1. The first-order chi connectivity index (χ1) is 12.1. The molecule has 1 saturated heterocycles. The van der Waals surface area contributed by atoms with E-state index in [1.165, 1.54) is 0 Å². The Hall–Kier alpha value is -2.05. The van der Waals surface area contributed by atoms with E-state index in [4.69, 9.17) is 4.98 Å². The van der Waals surface area contributed by atoms with Gasteiger partial charge < -0.3 is 4.90 Å². The summed E-state index contributed by atoms with van der Waals surface area (Å²) >= 11 is 1.67. The van der Waals surface area contributed by atoms with Crippen LogP contribution in [0, 0.1) is 0 Å². The normalized spacial score (nSPS) is 18.6. The van der Waals surface area contributed by atoms with Crippen LogP contribution in [0.4, 0.5) is 0 Å². The minimum atomic E-state index is -1.03. The monoisotopic (exact) mass is 370 g/mol. The maximum absolute atomic E-state index is 13.0. The fraction of sp³-hybridized carbons (Fsp3) is 0.263. The van der Waals surface area contributed by atoms with Crippen molar-refractivity contribution in [1.82, 2.24) is 9.88 Å². The Balaban J connectivity index is 1.62. The number of fused-ring (bicyclic) bond motifs is 1. The van der Waals surface area contributed by atoms with Crippen molar-refractivity contribution in [3.05, 3.63) is 59.1 Å². The predicted molar refractivity (Wildman–Crippen MR) is 101 cm³/mol. The highest BCUT2D eigenvalue weighted by Crippen LogP contribution is 2.37. The van der Waals surface area contributed by atoms with Crippen LogP contribution < -0.4 is 0 Å². The van der Waals surface area contributed by atoms with E-state index in [1.54, 1.807) is 41.9 Å². The molecule has 3 aromatic rings. The lowest BCUT2D eigenvalue weighted by atomic mass is 10.1. The second-order valence-corrected chi connectivity index (χ2v) is 8.60. The predicted octanol–water partition coefficient (Wildman–Crippen LogP) is 4.01. The van der Waals surface area contributed by atoms with Crippen LogP contribution in [0.2, 0.25) is 0 Å². The first kappa shape index (κ1) is 16.4. The summed E-state index contributed by atoms with van der Waals surface area (Å²) in [5.74, 6) is 0.0233. The van der Waals surface area contributed by atoms with E-state index in [2.05, 4.69) is 6.07 Å². The fourth-order valence-electron chi connectivity index (χ4n) is 3.25. The Kier molecular flexibility index (Phi) is 4.39. The van der Waals surface area contributed by atoms with E-state index >= 15 is 0 Å². The van der Waals surface area contributed by atoms with Gasteiger partial charge in [0.1, 0.15) is 5.01 Å². The van der Waals surface area contributed by atoms with Crippen LogP contribution >= 0.6 is 11.3 Å². The molecule has 0 N–H and O–H groups in total. The summed E-state index contributed by atoms with van der Waals surface area (Å²) < 4.78 is 12.7. The zero-order chi connectivity index (χ0) is 17.4. The van der Waals surface area contributed by atoms with Gasteiger partial charge in [0.15, 0.2) is 0 Å². The molecule has 0 spiro atoms. The van der Waals surface area contributed by atoms with Crippen molar-refractivity contribution in [3.8, 4) is 0 Å². The number of rotatable bonds is 3. The quantitative estimate of drug-likeness (QED) is 0.700. The molecule has 128 valence electrons. The second-order valence-electron chi connectivity index (χ2n) is 6.15. The van der Waals surface area contributed by atoms with Gasteiger partial charge in [0.25, 0.3) is 5.91 Å². The van der Waals surface area contributed by atoms with Gasteiger partial charge >= 0.3 is 0 Å². The number of amides is 1. The maximum atomic E-state index is 13.0. The van der Waals surface area contributed by atoms with Crippen LogP contribution in [0.3, 0.4) is 0 Å². The molecule has 1 aromatic heterocycles. The summed E-state index contributed by atoms with van der Waals surface area (Å²) in [6.45, 7) is 0.751. The summed E-state index contributed by atoms with van der Waals surface area (Å²) in [4.78, 5) is 20.4. The number of benzene rings is 2. The SMILES string of the molecule is C[S@@](=O)c1ccc(C(=O)N2CCC[C@@H]2c2nc3ccccc3s2)cc1. The summed E-state index contributed by atoms with van der Waals surface area (Å²) in [6.07, 6.45) is 3.58. The van der Waals surface area contributed by atoms with Gasteiger partial charge in [-0.3, -0.25) is 9.00 Å². The molecule has 0 aliphatic carbocycles. The van der Waals surface area contributed by atoms with E-state index in [1.807, 2.05) is 23.1 Å². The average molecular weight is 370 g/mol. The van der Waals surface area contributed by atoms with Gasteiger partial charge in [0, 0.05) is 34.1 Å². The molecule has 4 rings (SSSR count). The third-order valence-electron chi connectivity index (χ3n) is 4.54. The fourth-order valence-corrected chi connectivity index (χ4v) is 4.89. The smallest absolute Gasteiger partial charge is 0.254 e. The van der Waals surface area contributed by atoms with E-state index in [-0.39, 0.29) is 11.9 Å². The summed E-state index contributed by atoms with van der Waals surface area (Å²) in [5.41, 5.74) is 1.64. The summed E-state index contributed by atoms with van der Waals surface area (Å²) in [7, 11) is -1.03. The molecule has 2 heterocycles. The van der Waals surface area contributed by atoms with Crippen molar-refractivity contribution >= 4 is 38.3 Å². The van der Waals surface area contributed by atoms with Gasteiger partial charge in [0.2, 0.25) is 0 Å². The van der Waals surface area contributed by atoms with Crippen molar-refractivity contribution in [2.45, 2.75) is 23.8 Å². The molecular formula is C19H18N2O2S2. The lowest BCUT2D eigenvalue weighted by Crippen LogP contribution is -2.30. The number of nitrogens with zero attached hydrogens (tertiary/aromatic N) is 2. The largest absolute Gasteiger partial charge is 0.329 e. The molecular weight excluding hydrogens is 352 g/mol. The Bertz CT molecular complexity index is 916. The van der Waals surface area contributed by atoms with Crippen molar-refractivity contribution in [2.24, 2.45) is 0 Å². The minimum absolute atomic E-state index is 0.0233. The number of likely N-dealkylation sites (tertiary alicyclic amines) is 1. The highest BCUT2D eigenvalue weighted by atomic mass is 32.2. The van der Waals surface area contributed by atoms with Crippen LogP contribution in [0.1, 0.15) is 34.2 Å². The average Bonchev–Trinajstić information content (AvgIpc) is 3.27. The Morgan fingerprint density at radius 1 is 1.20 bits per heavy atom. The molecule has 1 fully saturated rings. The number of para-hydroxylation sites is 1. The van der Waals surface area contributed by atoms with Crippen LogP contribution in [-0.4, -0.2) is 32.8 Å². The van der Waals surface area contributed by atoms with Crippen molar-refractivity contribution in [1.29, 1.82) is 0 Å². The first-order valence-electron chi connectivity index (χ1n) is 8.23. The standard InChI is InChI=1S/C19H18N2O2S2/c1-25(23)14-10-8-13(9-11-14)19(22)21-12-4-6-16(21)18-20-15-5-2-3-7-17(15)24-18/h2-3,5,7-11,16H,4,6,12H2,1H3/t16-,25-/m1/s1. The Labute approximate surface area is 153 Å². The molecule has 2 atom stereocenters. The molecule has 0 unspecified atom stereocenters. The van der Waals surface area contributed by atoms with Crippen LogP contribution in [-0.2, 0) is 10.8 Å². The summed E-state index contributed by atoms with van der Waals surface area (Å²) in [5, 5.41) is 1.01. The molecule has 0 bridgehead atoms. The van der Waals surface area contributed by atoms with E-state index in [9.17, 15) is 9.00 Å².